The number of benzene rings is 2. The van der Waals surface area contributed by atoms with Crippen LogP contribution in [0, 0.1) is 6.92 Å². The van der Waals surface area contributed by atoms with Crippen molar-refractivity contribution in [2.45, 2.75) is 32.1 Å². The molecule has 1 fully saturated rings. The molecule has 0 atom stereocenters. The lowest BCUT2D eigenvalue weighted by Gasteiger charge is -2.31. The van der Waals surface area contributed by atoms with E-state index < -0.39 is 0 Å². The summed E-state index contributed by atoms with van der Waals surface area (Å²) in [6.07, 6.45) is 5.56. The Morgan fingerprint density at radius 2 is 1.81 bits per heavy atom. The maximum absolute atomic E-state index is 13.5. The van der Waals surface area contributed by atoms with Gasteiger partial charge < -0.3 is 24.7 Å². The monoisotopic (exact) mass is 580 g/mol. The molecule has 3 aromatic heterocycles. The molecule has 0 saturated carbocycles. The third kappa shape index (κ3) is 5.01. The number of likely N-dealkylation sites (tertiary alicyclic amines) is 1. The highest BCUT2D eigenvalue weighted by molar-refractivity contribution is 6.02. The van der Waals surface area contributed by atoms with Gasteiger partial charge in [0, 0.05) is 61.4 Å². The minimum Gasteiger partial charge on any atom is -0.496 e. The molecule has 10 heteroatoms. The Bertz CT molecular complexity index is 1850. The zero-order valence-electron chi connectivity index (χ0n) is 25.0. The predicted molar refractivity (Wildman–Crippen MR) is 165 cm³/mol. The second-order valence-corrected chi connectivity index (χ2v) is 11.0. The molecule has 1 amide bonds. The second-order valence-electron chi connectivity index (χ2n) is 11.0. The number of rotatable bonds is 8. The number of ether oxygens (including phenoxy) is 2. The number of nitrogens with two attached hydrogens (primary N) is 1. The van der Waals surface area contributed by atoms with Gasteiger partial charge >= 0.3 is 0 Å². The summed E-state index contributed by atoms with van der Waals surface area (Å²) in [6, 6.07) is 13.6. The Morgan fingerprint density at radius 3 is 2.53 bits per heavy atom. The fourth-order valence-corrected chi connectivity index (χ4v) is 6.31. The van der Waals surface area contributed by atoms with Gasteiger partial charge in [-0.05, 0) is 44.0 Å². The first kappa shape index (κ1) is 28.4. The van der Waals surface area contributed by atoms with Gasteiger partial charge in [-0.2, -0.15) is 0 Å². The number of hydrogen-bond acceptors (Lipinski definition) is 7. The van der Waals surface area contributed by atoms with Crippen LogP contribution in [-0.4, -0.2) is 69.4 Å². The molecule has 1 aliphatic heterocycles. The predicted octanol–water partition coefficient (Wildman–Crippen LogP) is 4.30. The van der Waals surface area contributed by atoms with Gasteiger partial charge in [-0.1, -0.05) is 18.2 Å². The molecule has 1 saturated heterocycles. The van der Waals surface area contributed by atoms with Crippen molar-refractivity contribution in [3.8, 4) is 22.8 Å². The van der Waals surface area contributed by atoms with Crippen LogP contribution < -0.4 is 15.2 Å². The number of aryl methyl sites for hydroxylation is 2. The van der Waals surface area contributed by atoms with E-state index in [1.165, 1.54) is 0 Å². The Balaban J connectivity index is 1.32. The minimum atomic E-state index is -0.0158. The summed E-state index contributed by atoms with van der Waals surface area (Å²) in [6.45, 7) is 3.34. The molecule has 1 aliphatic rings. The zero-order valence-corrected chi connectivity index (χ0v) is 25.0. The molecular weight excluding hydrogens is 544 g/mol. The summed E-state index contributed by atoms with van der Waals surface area (Å²) in [5.74, 6) is 2.49. The number of imidazole rings is 1. The molecule has 5 aromatic rings. The number of carbonyl (C=O) groups excluding carboxylic acids is 2. The Kier molecular flexibility index (Phi) is 7.62. The van der Waals surface area contributed by atoms with Gasteiger partial charge in [0.2, 0.25) is 5.91 Å². The first-order chi connectivity index (χ1) is 20.8. The fraction of sp³-hybridized carbons (Fsp3) is 0.333. The van der Waals surface area contributed by atoms with E-state index in [-0.39, 0.29) is 30.6 Å². The number of Topliss-reactive ketones (excluding diaryl/α,β-unsaturated/α-hetero) is 1. The van der Waals surface area contributed by atoms with Crippen molar-refractivity contribution < 1.29 is 19.1 Å². The summed E-state index contributed by atoms with van der Waals surface area (Å²) < 4.78 is 15.3. The molecule has 10 nitrogen and oxygen atoms in total. The summed E-state index contributed by atoms with van der Waals surface area (Å²) in [5.41, 5.74) is 11.4. The number of carbonyl (C=O) groups is 2. The van der Waals surface area contributed by atoms with Crippen LogP contribution in [0.2, 0.25) is 0 Å². The van der Waals surface area contributed by atoms with Crippen molar-refractivity contribution in [2.24, 2.45) is 12.8 Å². The van der Waals surface area contributed by atoms with E-state index in [1.54, 1.807) is 20.4 Å². The largest absolute Gasteiger partial charge is 0.496 e. The van der Waals surface area contributed by atoms with E-state index >= 15 is 0 Å². The van der Waals surface area contributed by atoms with E-state index in [0.29, 0.717) is 24.5 Å². The molecular formula is C33H36N6O4. The lowest BCUT2D eigenvalue weighted by Crippen LogP contribution is -2.41. The summed E-state index contributed by atoms with van der Waals surface area (Å²) in [7, 11) is 5.15. The molecule has 0 aliphatic carbocycles. The second kappa shape index (κ2) is 11.5. The molecule has 4 heterocycles. The maximum Gasteiger partial charge on any atom is 0.236 e. The van der Waals surface area contributed by atoms with Crippen LogP contribution in [0.3, 0.4) is 0 Å². The standard InChI is InChI=1S/C33H36N6O4/c1-20-32-31(36-33(39(32)15-12-35-20)21-10-13-38(14-11-21)30(41)19-34)23-9-8-22(29(17-23)43-4)16-27(40)26-18-24-25(37(26)2)6-5-7-28(24)42-3/h5-9,12,15,17-18,21H,10-11,13-14,16,19,34H2,1-4H3. The number of ketones is 1. The van der Waals surface area contributed by atoms with Crippen molar-refractivity contribution in [3.63, 3.8) is 0 Å². The number of hydrogen-bond donors (Lipinski definition) is 1. The number of methoxy groups -OCH3 is 2. The van der Waals surface area contributed by atoms with E-state index in [9.17, 15) is 9.59 Å². The van der Waals surface area contributed by atoms with Crippen LogP contribution in [0.5, 0.6) is 11.5 Å². The van der Waals surface area contributed by atoms with E-state index in [0.717, 1.165) is 63.3 Å². The summed E-state index contributed by atoms with van der Waals surface area (Å²) >= 11 is 0. The molecule has 6 rings (SSSR count). The number of piperidine rings is 1. The molecule has 2 N–H and O–H groups in total. The Morgan fingerprint density at radius 1 is 1.05 bits per heavy atom. The highest BCUT2D eigenvalue weighted by Crippen LogP contribution is 2.36. The van der Waals surface area contributed by atoms with Crippen molar-refractivity contribution in [3.05, 3.63) is 77.6 Å². The third-order valence-electron chi connectivity index (χ3n) is 8.62. The molecule has 0 radical (unpaired) electrons. The summed E-state index contributed by atoms with van der Waals surface area (Å²) in [5, 5.41) is 0.904. The zero-order chi connectivity index (χ0) is 30.2. The first-order valence-corrected chi connectivity index (χ1v) is 14.5. The lowest BCUT2D eigenvalue weighted by molar-refractivity contribution is -0.130. The van der Waals surface area contributed by atoms with Crippen LogP contribution >= 0.6 is 0 Å². The van der Waals surface area contributed by atoms with Crippen LogP contribution in [0.4, 0.5) is 0 Å². The minimum absolute atomic E-state index is 0.0129. The van der Waals surface area contributed by atoms with Crippen LogP contribution in [0.25, 0.3) is 27.7 Å². The van der Waals surface area contributed by atoms with Gasteiger partial charge in [0.05, 0.1) is 48.9 Å². The first-order valence-electron chi connectivity index (χ1n) is 14.5. The fourth-order valence-electron chi connectivity index (χ4n) is 6.31. The van der Waals surface area contributed by atoms with E-state index in [1.807, 2.05) is 72.1 Å². The summed E-state index contributed by atoms with van der Waals surface area (Å²) in [4.78, 5) is 37.2. The molecule has 43 heavy (non-hydrogen) atoms. The average molecular weight is 581 g/mol. The molecule has 0 spiro atoms. The van der Waals surface area contributed by atoms with Crippen molar-refractivity contribution >= 4 is 28.1 Å². The van der Waals surface area contributed by atoms with E-state index in [2.05, 4.69) is 9.38 Å². The molecule has 2 aromatic carbocycles. The van der Waals surface area contributed by atoms with Crippen LogP contribution in [0.15, 0.2) is 54.9 Å². The van der Waals surface area contributed by atoms with Gasteiger partial charge in [-0.25, -0.2) is 4.98 Å². The molecule has 0 bridgehead atoms. The topological polar surface area (TPSA) is 117 Å². The normalized spacial score (nSPS) is 14.0. The van der Waals surface area contributed by atoms with Crippen molar-refractivity contribution in [1.82, 2.24) is 23.8 Å². The van der Waals surface area contributed by atoms with Crippen molar-refractivity contribution in [2.75, 3.05) is 33.9 Å². The number of aromatic nitrogens is 4. The highest BCUT2D eigenvalue weighted by Gasteiger charge is 2.28. The Hall–Kier alpha value is -4.70. The number of nitrogens with zero attached hydrogens (tertiary/aromatic N) is 5. The highest BCUT2D eigenvalue weighted by atomic mass is 16.5. The van der Waals surface area contributed by atoms with Gasteiger partial charge in [0.1, 0.15) is 17.3 Å². The van der Waals surface area contributed by atoms with Crippen LogP contribution in [-0.2, 0) is 18.3 Å². The third-order valence-corrected chi connectivity index (χ3v) is 8.62. The van der Waals surface area contributed by atoms with Crippen molar-refractivity contribution in [1.29, 1.82) is 0 Å². The van der Waals surface area contributed by atoms with Crippen LogP contribution in [0.1, 0.15) is 46.3 Å². The van der Waals surface area contributed by atoms with Gasteiger partial charge in [0.25, 0.3) is 0 Å². The number of fused-ring (bicyclic) bond motifs is 2. The Labute approximate surface area is 250 Å². The lowest BCUT2D eigenvalue weighted by atomic mass is 9.96. The number of amides is 1. The quantitative estimate of drug-likeness (QED) is 0.272. The van der Waals surface area contributed by atoms with Gasteiger partial charge in [0.15, 0.2) is 5.78 Å². The van der Waals surface area contributed by atoms with Gasteiger partial charge in [-0.3, -0.25) is 19.0 Å². The van der Waals surface area contributed by atoms with Gasteiger partial charge in [-0.15, -0.1) is 0 Å². The molecule has 222 valence electrons. The SMILES string of the molecule is COc1cc(-c2nc(C3CCN(C(=O)CN)CC3)n3ccnc(C)c23)ccc1CC(=O)c1cc2c(OC)cccc2n1C. The average Bonchev–Trinajstić information content (AvgIpc) is 3.60. The maximum atomic E-state index is 13.5. The molecule has 0 unspecified atom stereocenters. The smallest absolute Gasteiger partial charge is 0.236 e. The van der Waals surface area contributed by atoms with E-state index in [4.69, 9.17) is 20.2 Å².